The van der Waals surface area contributed by atoms with Gasteiger partial charge in [0.1, 0.15) is 5.75 Å². The first-order valence-corrected chi connectivity index (χ1v) is 10.5. The van der Waals surface area contributed by atoms with Crippen molar-refractivity contribution in [2.75, 3.05) is 12.8 Å². The predicted molar refractivity (Wildman–Crippen MR) is 103 cm³/mol. The second-order valence-corrected chi connectivity index (χ2v) is 8.03. The minimum Gasteiger partial charge on any atom is -0.383 e. The van der Waals surface area contributed by atoms with Gasteiger partial charge in [0, 0.05) is 23.7 Å². The molecule has 0 N–H and O–H groups in total. The number of carbonyl (C=O) groups is 1. The van der Waals surface area contributed by atoms with Gasteiger partial charge >= 0.3 is 10.1 Å². The van der Waals surface area contributed by atoms with Crippen molar-refractivity contribution >= 4 is 27.6 Å². The SMILES string of the molecule is CCCCN(Cc1ccc(OS(C)(=O)=O)cc1)C(=O)c1cccc(Cl)c1. The van der Waals surface area contributed by atoms with Crippen LogP contribution in [0.2, 0.25) is 5.02 Å². The molecule has 0 saturated heterocycles. The van der Waals surface area contributed by atoms with Gasteiger partial charge in [0.25, 0.3) is 5.91 Å². The third-order valence-electron chi connectivity index (χ3n) is 3.68. The van der Waals surface area contributed by atoms with Crippen LogP contribution in [0.4, 0.5) is 0 Å². The molecule has 2 aromatic carbocycles. The van der Waals surface area contributed by atoms with Crippen molar-refractivity contribution in [2.24, 2.45) is 0 Å². The number of hydrogen-bond acceptors (Lipinski definition) is 4. The van der Waals surface area contributed by atoms with Crippen LogP contribution in [0.1, 0.15) is 35.7 Å². The lowest BCUT2D eigenvalue weighted by Gasteiger charge is -2.23. The third kappa shape index (κ3) is 6.35. The average molecular weight is 396 g/mol. The summed E-state index contributed by atoms with van der Waals surface area (Å²) < 4.78 is 27.2. The van der Waals surface area contributed by atoms with Crippen LogP contribution in [0.15, 0.2) is 48.5 Å². The number of unbranched alkanes of at least 4 members (excludes halogenated alkanes) is 1. The van der Waals surface area contributed by atoms with Crippen molar-refractivity contribution in [3.8, 4) is 5.75 Å². The van der Waals surface area contributed by atoms with Gasteiger partial charge in [0.05, 0.1) is 6.26 Å². The number of benzene rings is 2. The molecule has 0 aliphatic heterocycles. The second-order valence-electron chi connectivity index (χ2n) is 6.02. The highest BCUT2D eigenvalue weighted by Crippen LogP contribution is 2.18. The first-order chi connectivity index (χ1) is 12.3. The molecule has 26 heavy (non-hydrogen) atoms. The summed E-state index contributed by atoms with van der Waals surface area (Å²) in [4.78, 5) is 14.6. The monoisotopic (exact) mass is 395 g/mol. The lowest BCUT2D eigenvalue weighted by Crippen LogP contribution is -2.31. The Morgan fingerprint density at radius 3 is 2.42 bits per heavy atom. The van der Waals surface area contributed by atoms with E-state index >= 15 is 0 Å². The van der Waals surface area contributed by atoms with E-state index in [2.05, 4.69) is 6.92 Å². The number of rotatable bonds is 8. The predicted octanol–water partition coefficient (Wildman–Crippen LogP) is 4.12. The Kier molecular flexibility index (Phi) is 7.06. The van der Waals surface area contributed by atoms with Crippen LogP contribution in [0.5, 0.6) is 5.75 Å². The molecule has 2 aromatic rings. The van der Waals surface area contributed by atoms with Crippen molar-refractivity contribution in [3.63, 3.8) is 0 Å². The second kappa shape index (κ2) is 9.05. The Morgan fingerprint density at radius 2 is 1.85 bits per heavy atom. The Morgan fingerprint density at radius 1 is 1.15 bits per heavy atom. The van der Waals surface area contributed by atoms with E-state index in [1.165, 1.54) is 0 Å². The minimum absolute atomic E-state index is 0.0857. The smallest absolute Gasteiger partial charge is 0.306 e. The van der Waals surface area contributed by atoms with E-state index in [9.17, 15) is 13.2 Å². The van der Waals surface area contributed by atoms with Crippen molar-refractivity contribution in [1.29, 1.82) is 0 Å². The van der Waals surface area contributed by atoms with Gasteiger partial charge in [-0.15, -0.1) is 0 Å². The molecule has 5 nitrogen and oxygen atoms in total. The Bertz CT molecular complexity index is 850. The van der Waals surface area contributed by atoms with E-state index in [0.717, 1.165) is 24.7 Å². The molecule has 0 fully saturated rings. The zero-order chi connectivity index (χ0) is 19.2. The van der Waals surface area contributed by atoms with Crippen LogP contribution in [-0.4, -0.2) is 32.0 Å². The maximum absolute atomic E-state index is 12.8. The highest BCUT2D eigenvalue weighted by atomic mass is 35.5. The van der Waals surface area contributed by atoms with E-state index in [4.69, 9.17) is 15.8 Å². The molecule has 0 radical (unpaired) electrons. The quantitative estimate of drug-likeness (QED) is 0.630. The fraction of sp³-hybridized carbons (Fsp3) is 0.316. The molecule has 140 valence electrons. The van der Waals surface area contributed by atoms with E-state index < -0.39 is 10.1 Å². The lowest BCUT2D eigenvalue weighted by molar-refractivity contribution is 0.0741. The summed E-state index contributed by atoms with van der Waals surface area (Å²) in [5.41, 5.74) is 1.43. The maximum atomic E-state index is 12.8. The van der Waals surface area contributed by atoms with Gasteiger partial charge in [0.15, 0.2) is 0 Å². The van der Waals surface area contributed by atoms with Gasteiger partial charge in [-0.2, -0.15) is 8.42 Å². The summed E-state index contributed by atoms with van der Waals surface area (Å²) in [5, 5.41) is 0.522. The van der Waals surface area contributed by atoms with Gasteiger partial charge in [-0.25, -0.2) is 0 Å². The van der Waals surface area contributed by atoms with Crippen LogP contribution in [0.3, 0.4) is 0 Å². The van der Waals surface area contributed by atoms with Gasteiger partial charge in [-0.05, 0) is 42.3 Å². The summed E-state index contributed by atoms with van der Waals surface area (Å²) in [6.45, 7) is 3.12. The number of nitrogens with zero attached hydrogens (tertiary/aromatic N) is 1. The highest BCUT2D eigenvalue weighted by Gasteiger charge is 2.16. The molecule has 0 heterocycles. The van der Waals surface area contributed by atoms with Crippen LogP contribution in [0, 0.1) is 0 Å². The van der Waals surface area contributed by atoms with E-state index in [0.29, 0.717) is 23.7 Å². The summed E-state index contributed by atoms with van der Waals surface area (Å²) in [6, 6.07) is 13.6. The number of halogens is 1. The van der Waals surface area contributed by atoms with Crippen LogP contribution >= 0.6 is 11.6 Å². The van der Waals surface area contributed by atoms with Gasteiger partial charge in [-0.3, -0.25) is 4.79 Å². The van der Waals surface area contributed by atoms with Gasteiger partial charge in [-0.1, -0.05) is 43.1 Å². The van der Waals surface area contributed by atoms with Crippen LogP contribution < -0.4 is 4.18 Å². The van der Waals surface area contributed by atoms with Crippen molar-refractivity contribution < 1.29 is 17.4 Å². The largest absolute Gasteiger partial charge is 0.383 e. The molecule has 0 aromatic heterocycles. The fourth-order valence-electron chi connectivity index (χ4n) is 2.45. The zero-order valence-electron chi connectivity index (χ0n) is 14.8. The molecular formula is C19H22ClNO4S. The van der Waals surface area contributed by atoms with E-state index in [1.54, 1.807) is 53.4 Å². The molecular weight excluding hydrogens is 374 g/mol. The molecule has 2 rings (SSSR count). The maximum Gasteiger partial charge on any atom is 0.306 e. The summed E-state index contributed by atoms with van der Waals surface area (Å²) in [5.74, 6) is 0.162. The summed E-state index contributed by atoms with van der Waals surface area (Å²) in [6.07, 6.45) is 2.86. The molecule has 0 atom stereocenters. The van der Waals surface area contributed by atoms with Crippen molar-refractivity contribution in [2.45, 2.75) is 26.3 Å². The van der Waals surface area contributed by atoms with Crippen molar-refractivity contribution in [3.05, 3.63) is 64.7 Å². The first-order valence-electron chi connectivity index (χ1n) is 8.31. The van der Waals surface area contributed by atoms with Crippen molar-refractivity contribution in [1.82, 2.24) is 4.90 Å². The van der Waals surface area contributed by atoms with E-state index in [-0.39, 0.29) is 11.7 Å². The molecule has 0 saturated carbocycles. The lowest BCUT2D eigenvalue weighted by atomic mass is 10.1. The fourth-order valence-corrected chi connectivity index (χ4v) is 3.10. The molecule has 0 unspecified atom stereocenters. The Hall–Kier alpha value is -2.05. The topological polar surface area (TPSA) is 63.7 Å². The zero-order valence-corrected chi connectivity index (χ0v) is 16.4. The molecule has 7 heteroatoms. The van der Waals surface area contributed by atoms with Crippen LogP contribution in [-0.2, 0) is 16.7 Å². The van der Waals surface area contributed by atoms with Gasteiger partial charge in [0.2, 0.25) is 0 Å². The molecule has 0 bridgehead atoms. The molecule has 0 spiro atoms. The first kappa shape index (κ1) is 20.3. The number of amides is 1. The van der Waals surface area contributed by atoms with Gasteiger partial charge < -0.3 is 9.08 Å². The molecule has 1 amide bonds. The minimum atomic E-state index is -3.56. The average Bonchev–Trinajstić information content (AvgIpc) is 2.58. The molecule has 0 aliphatic rings. The van der Waals surface area contributed by atoms with E-state index in [1.807, 2.05) is 0 Å². The summed E-state index contributed by atoms with van der Waals surface area (Å²) in [7, 11) is -3.56. The molecule has 0 aliphatic carbocycles. The number of carbonyl (C=O) groups excluding carboxylic acids is 1. The standard InChI is InChI=1S/C19H22ClNO4S/c1-3-4-12-21(19(22)16-6-5-7-17(20)13-16)14-15-8-10-18(11-9-15)25-26(2,23)24/h5-11,13H,3-4,12,14H2,1-2H3. The third-order valence-corrected chi connectivity index (χ3v) is 4.42. The Labute approximate surface area is 159 Å². The van der Waals surface area contributed by atoms with Crippen LogP contribution in [0.25, 0.3) is 0 Å². The highest BCUT2D eigenvalue weighted by molar-refractivity contribution is 7.86. The normalized spacial score (nSPS) is 11.2. The summed E-state index contributed by atoms with van der Waals surface area (Å²) >= 11 is 5.99. The Balaban J connectivity index is 2.15. The number of hydrogen-bond donors (Lipinski definition) is 0.